The van der Waals surface area contributed by atoms with Crippen LogP contribution in [0.25, 0.3) is 0 Å². The number of halogens is 1. The average Bonchev–Trinajstić information content (AvgIpc) is 2.37. The van der Waals surface area contributed by atoms with Crippen molar-refractivity contribution >= 4 is 15.7 Å². The molecule has 1 heterocycles. The number of nitrogens with zero attached hydrogens (tertiary/aromatic N) is 2. The van der Waals surface area contributed by atoms with Crippen LogP contribution in [-0.2, 0) is 16.6 Å². The zero-order chi connectivity index (χ0) is 13.9. The van der Waals surface area contributed by atoms with E-state index in [-0.39, 0.29) is 17.1 Å². The molecule has 0 amide bonds. The summed E-state index contributed by atoms with van der Waals surface area (Å²) >= 11 is 0. The molecule has 19 heavy (non-hydrogen) atoms. The molecular formula is C11H11FN4O2S. The first-order chi connectivity index (χ1) is 8.97. The molecule has 100 valence electrons. The summed E-state index contributed by atoms with van der Waals surface area (Å²) in [5, 5.41) is 7.36. The normalized spacial score (nSPS) is 11.4. The van der Waals surface area contributed by atoms with Crippen molar-refractivity contribution in [2.75, 3.05) is 5.73 Å². The maximum absolute atomic E-state index is 13.1. The second-order valence-electron chi connectivity index (χ2n) is 3.76. The van der Waals surface area contributed by atoms with Gasteiger partial charge in [-0.15, -0.1) is 0 Å². The Morgan fingerprint density at radius 3 is 2.74 bits per heavy atom. The van der Waals surface area contributed by atoms with Gasteiger partial charge in [0.1, 0.15) is 5.82 Å². The fraction of sp³-hybridized carbons (Fsp3) is 0.0909. The highest BCUT2D eigenvalue weighted by Crippen LogP contribution is 2.15. The number of nitrogen functional groups attached to an aromatic ring is 1. The predicted molar refractivity (Wildman–Crippen MR) is 66.9 cm³/mol. The van der Waals surface area contributed by atoms with E-state index >= 15 is 0 Å². The molecule has 0 spiro atoms. The highest BCUT2D eigenvalue weighted by molar-refractivity contribution is 7.89. The lowest BCUT2D eigenvalue weighted by molar-refractivity contribution is 0.576. The number of anilines is 1. The van der Waals surface area contributed by atoms with Gasteiger partial charge in [-0.1, -0.05) is 0 Å². The third-order valence-electron chi connectivity index (χ3n) is 2.27. The van der Waals surface area contributed by atoms with Gasteiger partial charge in [0.05, 0.1) is 17.1 Å². The van der Waals surface area contributed by atoms with Crippen molar-refractivity contribution in [2.45, 2.75) is 11.4 Å². The molecule has 0 aliphatic carbocycles. The fourth-order valence-electron chi connectivity index (χ4n) is 1.42. The van der Waals surface area contributed by atoms with Crippen molar-refractivity contribution in [1.29, 1.82) is 0 Å². The Morgan fingerprint density at radius 1 is 1.32 bits per heavy atom. The van der Waals surface area contributed by atoms with E-state index in [1.165, 1.54) is 12.3 Å². The first-order valence-electron chi connectivity index (χ1n) is 5.30. The molecule has 0 fully saturated rings. The molecule has 0 unspecified atom stereocenters. The number of benzene rings is 1. The molecule has 1 aromatic carbocycles. The molecule has 6 nitrogen and oxygen atoms in total. The third kappa shape index (κ3) is 3.46. The summed E-state index contributed by atoms with van der Waals surface area (Å²) in [5.41, 5.74) is 5.90. The lowest BCUT2D eigenvalue weighted by atomic mass is 10.3. The number of hydrogen-bond donors (Lipinski definition) is 2. The summed E-state index contributed by atoms with van der Waals surface area (Å²) in [6.07, 6.45) is 1.48. The van der Waals surface area contributed by atoms with E-state index in [0.717, 1.165) is 12.1 Å². The highest BCUT2D eigenvalue weighted by Gasteiger charge is 2.15. The van der Waals surface area contributed by atoms with Crippen LogP contribution in [0, 0.1) is 5.82 Å². The molecule has 0 bridgehead atoms. The van der Waals surface area contributed by atoms with Gasteiger partial charge in [-0.25, -0.2) is 17.5 Å². The van der Waals surface area contributed by atoms with E-state index in [9.17, 15) is 12.8 Å². The summed E-state index contributed by atoms with van der Waals surface area (Å²) in [6, 6.07) is 6.38. The van der Waals surface area contributed by atoms with Crippen LogP contribution in [-0.4, -0.2) is 18.6 Å². The number of hydrogen-bond acceptors (Lipinski definition) is 5. The molecule has 0 atom stereocenters. The SMILES string of the molecule is Nc1cc(F)cc(S(=O)(=O)NCc2cccnn2)c1. The van der Waals surface area contributed by atoms with Crippen molar-refractivity contribution in [3.05, 3.63) is 48.0 Å². The molecule has 0 radical (unpaired) electrons. The Bertz CT molecular complexity index is 656. The summed E-state index contributed by atoms with van der Waals surface area (Å²) in [5.74, 6) is -0.708. The van der Waals surface area contributed by atoms with Crippen LogP contribution in [0.2, 0.25) is 0 Å². The summed E-state index contributed by atoms with van der Waals surface area (Å²) in [4.78, 5) is -0.228. The van der Waals surface area contributed by atoms with Crippen LogP contribution in [0.15, 0.2) is 41.4 Å². The zero-order valence-electron chi connectivity index (χ0n) is 9.75. The smallest absolute Gasteiger partial charge is 0.241 e. The van der Waals surface area contributed by atoms with E-state index in [1.54, 1.807) is 12.1 Å². The van der Waals surface area contributed by atoms with E-state index in [0.29, 0.717) is 5.69 Å². The minimum Gasteiger partial charge on any atom is -0.399 e. The monoisotopic (exact) mass is 282 g/mol. The van der Waals surface area contributed by atoms with Crippen molar-refractivity contribution < 1.29 is 12.8 Å². The third-order valence-corrected chi connectivity index (χ3v) is 3.66. The van der Waals surface area contributed by atoms with Gasteiger partial charge in [0.2, 0.25) is 10.0 Å². The van der Waals surface area contributed by atoms with Crippen LogP contribution in [0.5, 0.6) is 0 Å². The van der Waals surface area contributed by atoms with Gasteiger partial charge in [-0.2, -0.15) is 10.2 Å². The number of nitrogens with two attached hydrogens (primary N) is 1. The van der Waals surface area contributed by atoms with Gasteiger partial charge >= 0.3 is 0 Å². The van der Waals surface area contributed by atoms with Gasteiger partial charge < -0.3 is 5.73 Å². The Kier molecular flexibility index (Phi) is 3.72. The minimum atomic E-state index is -3.84. The summed E-state index contributed by atoms with van der Waals surface area (Å²) in [6.45, 7) is -0.0351. The highest BCUT2D eigenvalue weighted by atomic mass is 32.2. The largest absolute Gasteiger partial charge is 0.399 e. The van der Waals surface area contributed by atoms with Crippen LogP contribution in [0.3, 0.4) is 0 Å². The number of rotatable bonds is 4. The second-order valence-corrected chi connectivity index (χ2v) is 5.53. The summed E-state index contributed by atoms with van der Waals surface area (Å²) < 4.78 is 39.3. The van der Waals surface area contributed by atoms with E-state index < -0.39 is 15.8 Å². The number of sulfonamides is 1. The van der Waals surface area contributed by atoms with Crippen molar-refractivity contribution in [1.82, 2.24) is 14.9 Å². The lowest BCUT2D eigenvalue weighted by Crippen LogP contribution is -2.24. The maximum atomic E-state index is 13.1. The quantitative estimate of drug-likeness (QED) is 0.803. The average molecular weight is 282 g/mol. The van der Waals surface area contributed by atoms with E-state index in [1.807, 2.05) is 0 Å². The predicted octanol–water partition coefficient (Wildman–Crippen LogP) is 0.676. The molecule has 1 aromatic heterocycles. The molecule has 0 aliphatic heterocycles. The molecule has 2 rings (SSSR count). The van der Waals surface area contributed by atoms with Crippen molar-refractivity contribution in [2.24, 2.45) is 0 Å². The van der Waals surface area contributed by atoms with Gasteiger partial charge in [-0.3, -0.25) is 0 Å². The van der Waals surface area contributed by atoms with E-state index in [4.69, 9.17) is 5.73 Å². The molecule has 0 saturated carbocycles. The molecule has 0 saturated heterocycles. The van der Waals surface area contributed by atoms with Crippen LogP contribution in [0.4, 0.5) is 10.1 Å². The standard InChI is InChI=1S/C11H11FN4O2S/c12-8-4-9(13)6-11(5-8)19(17,18)15-7-10-2-1-3-14-16-10/h1-6,15H,7,13H2. The first kappa shape index (κ1) is 13.4. The molecule has 3 N–H and O–H groups in total. The Hall–Kier alpha value is -2.06. The first-order valence-corrected chi connectivity index (χ1v) is 6.78. The molecule has 8 heteroatoms. The van der Waals surface area contributed by atoms with Gasteiger partial charge in [0.15, 0.2) is 0 Å². The van der Waals surface area contributed by atoms with Crippen LogP contribution < -0.4 is 10.5 Å². The van der Waals surface area contributed by atoms with Gasteiger partial charge in [0.25, 0.3) is 0 Å². The fourth-order valence-corrected chi connectivity index (χ4v) is 2.48. The molecule has 0 aliphatic rings. The lowest BCUT2D eigenvalue weighted by Gasteiger charge is -2.07. The van der Waals surface area contributed by atoms with Crippen molar-refractivity contribution in [3.8, 4) is 0 Å². The zero-order valence-corrected chi connectivity index (χ0v) is 10.6. The molecule has 2 aromatic rings. The second kappa shape index (κ2) is 5.29. The summed E-state index contributed by atoms with van der Waals surface area (Å²) in [7, 11) is -3.84. The molecular weight excluding hydrogens is 271 g/mol. The van der Waals surface area contributed by atoms with Crippen LogP contribution in [0.1, 0.15) is 5.69 Å². The van der Waals surface area contributed by atoms with Gasteiger partial charge in [0, 0.05) is 11.9 Å². The Morgan fingerprint density at radius 2 is 2.11 bits per heavy atom. The Labute approximate surface area is 109 Å². The van der Waals surface area contributed by atoms with E-state index in [2.05, 4.69) is 14.9 Å². The minimum absolute atomic E-state index is 0.0351. The topological polar surface area (TPSA) is 98.0 Å². The van der Waals surface area contributed by atoms with Gasteiger partial charge in [-0.05, 0) is 30.3 Å². The maximum Gasteiger partial charge on any atom is 0.241 e. The van der Waals surface area contributed by atoms with Crippen molar-refractivity contribution in [3.63, 3.8) is 0 Å². The number of nitrogens with one attached hydrogen (secondary N) is 1. The Balaban J connectivity index is 2.19. The number of aromatic nitrogens is 2. The van der Waals surface area contributed by atoms with Crippen LogP contribution >= 0.6 is 0 Å².